The van der Waals surface area contributed by atoms with Gasteiger partial charge >= 0.3 is 0 Å². The van der Waals surface area contributed by atoms with Gasteiger partial charge in [0.25, 0.3) is 15.9 Å². The Balaban J connectivity index is 1.63. The Kier molecular flexibility index (Phi) is 6.70. The van der Waals surface area contributed by atoms with Crippen LogP contribution in [0.5, 0.6) is 0 Å². The highest BCUT2D eigenvalue weighted by Gasteiger charge is 2.22. The van der Waals surface area contributed by atoms with Crippen LogP contribution >= 0.6 is 0 Å². The molecule has 1 fully saturated rings. The van der Waals surface area contributed by atoms with Gasteiger partial charge in [-0.2, -0.15) is 0 Å². The Morgan fingerprint density at radius 2 is 1.79 bits per heavy atom. The minimum atomic E-state index is -3.74. The van der Waals surface area contributed by atoms with Gasteiger partial charge in [0.15, 0.2) is 0 Å². The lowest BCUT2D eigenvalue weighted by Gasteiger charge is -2.19. The molecule has 0 unspecified atom stereocenters. The number of likely N-dealkylation sites (tertiary alicyclic amines) is 1. The average Bonchev–Trinajstić information content (AvgIpc) is 3.24. The zero-order valence-electron chi connectivity index (χ0n) is 16.2. The molecule has 1 N–H and O–H groups in total. The molecule has 0 radical (unpaired) electrons. The maximum absolute atomic E-state index is 12.9. The molecule has 1 amide bonds. The Hall–Kier alpha value is -2.38. The summed E-state index contributed by atoms with van der Waals surface area (Å²) in [6.45, 7) is 3.85. The number of nitrogens with one attached hydrogen (secondary N) is 1. The van der Waals surface area contributed by atoms with Gasteiger partial charge in [-0.3, -0.25) is 9.10 Å². The summed E-state index contributed by atoms with van der Waals surface area (Å²) >= 11 is 0. The number of hydrogen-bond acceptors (Lipinski definition) is 4. The van der Waals surface area contributed by atoms with Gasteiger partial charge in [0, 0.05) is 19.2 Å². The Morgan fingerprint density at radius 3 is 2.50 bits per heavy atom. The number of amides is 1. The van der Waals surface area contributed by atoms with E-state index in [0.29, 0.717) is 17.8 Å². The van der Waals surface area contributed by atoms with Crippen LogP contribution in [0.2, 0.25) is 0 Å². The second-order valence-electron chi connectivity index (χ2n) is 6.99. The number of nitrogens with zero attached hydrogens (tertiary/aromatic N) is 2. The van der Waals surface area contributed by atoms with Crippen molar-refractivity contribution in [2.45, 2.75) is 24.2 Å². The van der Waals surface area contributed by atoms with E-state index in [-0.39, 0.29) is 10.8 Å². The van der Waals surface area contributed by atoms with E-state index in [0.717, 1.165) is 26.1 Å². The number of carbonyl (C=O) groups excluding carboxylic acids is 1. The van der Waals surface area contributed by atoms with Gasteiger partial charge in [0.1, 0.15) is 0 Å². The van der Waals surface area contributed by atoms with E-state index < -0.39 is 10.0 Å². The lowest BCUT2D eigenvalue weighted by Crippen LogP contribution is -2.29. The summed E-state index contributed by atoms with van der Waals surface area (Å²) in [4.78, 5) is 14.9. The third kappa shape index (κ3) is 4.91. The first-order valence-electron chi connectivity index (χ1n) is 9.63. The van der Waals surface area contributed by atoms with Crippen molar-refractivity contribution in [3.05, 3.63) is 60.2 Å². The van der Waals surface area contributed by atoms with Crippen molar-refractivity contribution < 1.29 is 13.2 Å². The molecule has 0 saturated carbocycles. The lowest BCUT2D eigenvalue weighted by atomic mass is 10.2. The van der Waals surface area contributed by atoms with Crippen LogP contribution in [0.25, 0.3) is 0 Å². The summed E-state index contributed by atoms with van der Waals surface area (Å²) in [7, 11) is -2.23. The van der Waals surface area contributed by atoms with Crippen molar-refractivity contribution in [3.8, 4) is 0 Å². The maximum atomic E-state index is 12.9. The molecule has 1 saturated heterocycles. The number of benzene rings is 2. The number of sulfonamides is 1. The van der Waals surface area contributed by atoms with Gasteiger partial charge in [-0.25, -0.2) is 8.42 Å². The molecule has 2 aromatic carbocycles. The van der Waals surface area contributed by atoms with Crippen molar-refractivity contribution in [3.63, 3.8) is 0 Å². The third-order valence-electron chi connectivity index (χ3n) is 5.01. The number of anilines is 1. The molecule has 1 heterocycles. The summed E-state index contributed by atoms with van der Waals surface area (Å²) in [5, 5.41) is 2.89. The van der Waals surface area contributed by atoms with Crippen LogP contribution in [0.4, 0.5) is 5.69 Å². The topological polar surface area (TPSA) is 69.7 Å². The average molecular weight is 402 g/mol. The summed E-state index contributed by atoms with van der Waals surface area (Å²) in [6, 6.07) is 15.0. The second-order valence-corrected chi connectivity index (χ2v) is 8.96. The van der Waals surface area contributed by atoms with E-state index in [1.165, 1.54) is 36.3 Å². The fraction of sp³-hybridized carbons (Fsp3) is 0.381. The van der Waals surface area contributed by atoms with Crippen LogP contribution in [0, 0.1) is 0 Å². The highest BCUT2D eigenvalue weighted by atomic mass is 32.2. The summed E-state index contributed by atoms with van der Waals surface area (Å²) in [5.41, 5.74) is 0.919. The molecule has 3 rings (SSSR count). The van der Waals surface area contributed by atoms with Crippen molar-refractivity contribution in [2.24, 2.45) is 0 Å². The number of para-hydroxylation sites is 1. The first kappa shape index (κ1) is 20.4. The fourth-order valence-corrected chi connectivity index (χ4v) is 4.59. The smallest absolute Gasteiger partial charge is 0.264 e. The number of carbonyl (C=O) groups is 1. The second kappa shape index (κ2) is 9.21. The van der Waals surface area contributed by atoms with Crippen LogP contribution < -0.4 is 9.62 Å². The number of hydrogen-bond donors (Lipinski definition) is 1. The highest BCUT2D eigenvalue weighted by molar-refractivity contribution is 7.92. The van der Waals surface area contributed by atoms with Crippen molar-refractivity contribution in [2.75, 3.05) is 37.5 Å². The van der Waals surface area contributed by atoms with Gasteiger partial charge in [-0.05, 0) is 69.2 Å². The molecule has 28 heavy (non-hydrogen) atoms. The van der Waals surface area contributed by atoms with Crippen LogP contribution in [0.1, 0.15) is 29.6 Å². The zero-order chi connectivity index (χ0) is 20.0. The lowest BCUT2D eigenvalue weighted by molar-refractivity contribution is 0.0952. The third-order valence-corrected chi connectivity index (χ3v) is 6.79. The van der Waals surface area contributed by atoms with Crippen molar-refractivity contribution in [1.29, 1.82) is 0 Å². The Bertz CT molecular complexity index is 894. The van der Waals surface area contributed by atoms with E-state index in [1.54, 1.807) is 36.4 Å². The molecule has 0 aliphatic carbocycles. The van der Waals surface area contributed by atoms with Gasteiger partial charge in [0.05, 0.1) is 10.6 Å². The quantitative estimate of drug-likeness (QED) is 0.691. The largest absolute Gasteiger partial charge is 0.352 e. The Morgan fingerprint density at radius 1 is 1.07 bits per heavy atom. The molecular formula is C21H27N3O3S. The molecule has 0 aromatic heterocycles. The minimum Gasteiger partial charge on any atom is -0.352 e. The molecule has 7 heteroatoms. The van der Waals surface area contributed by atoms with Gasteiger partial charge in [-0.15, -0.1) is 0 Å². The molecule has 150 valence electrons. The zero-order valence-corrected chi connectivity index (χ0v) is 17.0. The van der Waals surface area contributed by atoms with E-state index >= 15 is 0 Å². The van der Waals surface area contributed by atoms with Crippen LogP contribution in [0.15, 0.2) is 59.5 Å². The summed E-state index contributed by atoms with van der Waals surface area (Å²) in [6.07, 6.45) is 3.40. The van der Waals surface area contributed by atoms with E-state index in [2.05, 4.69) is 10.2 Å². The van der Waals surface area contributed by atoms with Crippen LogP contribution in [-0.4, -0.2) is 52.5 Å². The van der Waals surface area contributed by atoms with Crippen LogP contribution in [0.3, 0.4) is 0 Å². The minimum absolute atomic E-state index is 0.101. The first-order valence-corrected chi connectivity index (χ1v) is 11.1. The van der Waals surface area contributed by atoms with Gasteiger partial charge < -0.3 is 10.2 Å². The molecule has 1 aliphatic rings. The SMILES string of the molecule is CN(c1ccccc1)S(=O)(=O)c1cccc(C(=O)NCCCN2CCCC2)c1. The van der Waals surface area contributed by atoms with E-state index in [9.17, 15) is 13.2 Å². The predicted octanol–water partition coefficient (Wildman–Crippen LogP) is 2.73. The molecule has 2 aromatic rings. The normalized spacial score (nSPS) is 14.8. The number of rotatable bonds is 8. The fourth-order valence-electron chi connectivity index (χ4n) is 3.35. The Labute approximate surface area is 167 Å². The maximum Gasteiger partial charge on any atom is 0.264 e. The summed E-state index contributed by atoms with van der Waals surface area (Å²) in [5.74, 6) is -0.249. The van der Waals surface area contributed by atoms with Gasteiger partial charge in [-0.1, -0.05) is 24.3 Å². The monoisotopic (exact) mass is 401 g/mol. The highest BCUT2D eigenvalue weighted by Crippen LogP contribution is 2.22. The molecular weight excluding hydrogens is 374 g/mol. The molecule has 6 nitrogen and oxygen atoms in total. The van der Waals surface area contributed by atoms with Gasteiger partial charge in [0.2, 0.25) is 0 Å². The molecule has 1 aliphatic heterocycles. The predicted molar refractivity (Wildman–Crippen MR) is 111 cm³/mol. The van der Waals surface area contributed by atoms with Crippen LogP contribution in [-0.2, 0) is 10.0 Å². The molecule has 0 bridgehead atoms. The molecule has 0 spiro atoms. The van der Waals surface area contributed by atoms with E-state index in [4.69, 9.17) is 0 Å². The van der Waals surface area contributed by atoms with E-state index in [1.807, 2.05) is 6.07 Å². The molecule has 0 atom stereocenters. The van der Waals surface area contributed by atoms with Crippen molar-refractivity contribution in [1.82, 2.24) is 10.2 Å². The summed E-state index contributed by atoms with van der Waals surface area (Å²) < 4.78 is 27.0. The standard InChI is InChI=1S/C21H27N3O3S/c1-23(19-10-3-2-4-11-19)28(26,27)20-12-7-9-18(17-20)21(25)22-13-8-16-24-14-5-6-15-24/h2-4,7,9-12,17H,5-6,8,13-16H2,1H3,(H,22,25). The van der Waals surface area contributed by atoms with Crippen molar-refractivity contribution >= 4 is 21.6 Å². The first-order chi connectivity index (χ1) is 13.5.